The fourth-order valence-electron chi connectivity index (χ4n) is 2.57. The van der Waals surface area contributed by atoms with Gasteiger partial charge in [-0.2, -0.15) is 4.52 Å². The normalized spacial score (nSPS) is 11.0. The first-order valence-electron chi connectivity index (χ1n) is 8.37. The van der Waals surface area contributed by atoms with Crippen LogP contribution >= 0.6 is 23.1 Å². The maximum atomic E-state index is 12.2. The molecule has 0 aliphatic carbocycles. The van der Waals surface area contributed by atoms with Crippen LogP contribution in [0.15, 0.2) is 53.4 Å². The van der Waals surface area contributed by atoms with E-state index in [1.54, 1.807) is 4.52 Å². The molecule has 4 rings (SSSR count). The standard InChI is InChI=1S/C19H17N5OS2/c1-12-6-8-15(9-7-12)26-11-16(25)20-18-23-24-17(21-22-19(24)27-18)14-5-3-4-13(2)10-14/h3-10H,11H2,1-2H3,(H,20,23,25). The number of nitrogens with zero attached hydrogens (tertiary/aromatic N) is 4. The minimum absolute atomic E-state index is 0.0948. The zero-order valence-electron chi connectivity index (χ0n) is 14.8. The number of hydrogen-bond acceptors (Lipinski definition) is 6. The third-order valence-corrected chi connectivity index (χ3v) is 5.73. The van der Waals surface area contributed by atoms with E-state index in [-0.39, 0.29) is 5.91 Å². The van der Waals surface area contributed by atoms with Crippen molar-refractivity contribution < 1.29 is 4.79 Å². The van der Waals surface area contributed by atoms with Gasteiger partial charge in [-0.15, -0.1) is 27.1 Å². The van der Waals surface area contributed by atoms with Gasteiger partial charge in [0.05, 0.1) is 5.75 Å². The van der Waals surface area contributed by atoms with Gasteiger partial charge >= 0.3 is 0 Å². The molecule has 4 aromatic rings. The summed E-state index contributed by atoms with van der Waals surface area (Å²) >= 11 is 2.80. The van der Waals surface area contributed by atoms with E-state index in [9.17, 15) is 4.79 Å². The monoisotopic (exact) mass is 395 g/mol. The molecule has 0 saturated carbocycles. The molecule has 0 bridgehead atoms. The van der Waals surface area contributed by atoms with Gasteiger partial charge < -0.3 is 0 Å². The molecule has 1 amide bonds. The van der Waals surface area contributed by atoms with Crippen molar-refractivity contribution in [3.05, 3.63) is 59.7 Å². The van der Waals surface area contributed by atoms with Crippen molar-refractivity contribution >= 4 is 39.1 Å². The molecule has 0 spiro atoms. The number of aromatic nitrogens is 4. The molecule has 2 heterocycles. The molecule has 1 N–H and O–H groups in total. The van der Waals surface area contributed by atoms with Crippen LogP contribution in [0.1, 0.15) is 11.1 Å². The number of nitrogens with one attached hydrogen (secondary N) is 1. The van der Waals surface area contributed by atoms with E-state index in [4.69, 9.17) is 0 Å². The van der Waals surface area contributed by atoms with Crippen LogP contribution in [-0.4, -0.2) is 31.5 Å². The topological polar surface area (TPSA) is 72.2 Å². The van der Waals surface area contributed by atoms with Crippen molar-refractivity contribution in [1.29, 1.82) is 0 Å². The van der Waals surface area contributed by atoms with Crippen molar-refractivity contribution in [3.63, 3.8) is 0 Å². The average Bonchev–Trinajstić information content (AvgIpc) is 3.21. The van der Waals surface area contributed by atoms with Gasteiger partial charge in [-0.1, -0.05) is 52.8 Å². The molecule has 0 saturated heterocycles. The highest BCUT2D eigenvalue weighted by Crippen LogP contribution is 2.25. The number of carbonyl (C=O) groups excluding carboxylic acids is 1. The lowest BCUT2D eigenvalue weighted by Crippen LogP contribution is -2.14. The summed E-state index contributed by atoms with van der Waals surface area (Å²) in [5.41, 5.74) is 3.29. The number of carbonyl (C=O) groups is 1. The molecule has 0 aliphatic heterocycles. The molecular formula is C19H17N5OS2. The van der Waals surface area contributed by atoms with E-state index in [2.05, 4.69) is 20.6 Å². The smallest absolute Gasteiger partial charge is 0.236 e. The Bertz CT molecular complexity index is 1100. The Morgan fingerprint density at radius 1 is 1.11 bits per heavy atom. The average molecular weight is 396 g/mol. The molecule has 2 aromatic heterocycles. The SMILES string of the molecule is Cc1ccc(SCC(=O)Nc2nn3c(-c4cccc(C)c4)nnc3s2)cc1. The van der Waals surface area contributed by atoms with Gasteiger partial charge in [0.25, 0.3) is 0 Å². The van der Waals surface area contributed by atoms with E-state index < -0.39 is 0 Å². The molecule has 6 nitrogen and oxygen atoms in total. The van der Waals surface area contributed by atoms with Crippen LogP contribution in [0.5, 0.6) is 0 Å². The number of fused-ring (bicyclic) bond motifs is 1. The summed E-state index contributed by atoms with van der Waals surface area (Å²) in [5.74, 6) is 0.899. The van der Waals surface area contributed by atoms with Gasteiger partial charge in [-0.25, -0.2) is 0 Å². The fourth-order valence-corrected chi connectivity index (χ4v) is 4.02. The van der Waals surface area contributed by atoms with E-state index in [1.807, 2.05) is 62.4 Å². The highest BCUT2D eigenvalue weighted by Gasteiger charge is 2.15. The van der Waals surface area contributed by atoms with E-state index >= 15 is 0 Å². The first kappa shape index (κ1) is 17.7. The minimum Gasteiger partial charge on any atom is -0.300 e. The molecular weight excluding hydrogens is 378 g/mol. The van der Waals surface area contributed by atoms with Crippen molar-refractivity contribution in [3.8, 4) is 11.4 Å². The third-order valence-electron chi connectivity index (χ3n) is 3.90. The Balaban J connectivity index is 1.46. The zero-order valence-corrected chi connectivity index (χ0v) is 16.5. The summed E-state index contributed by atoms with van der Waals surface area (Å²) in [6, 6.07) is 16.1. The molecule has 27 heavy (non-hydrogen) atoms. The van der Waals surface area contributed by atoms with E-state index in [0.29, 0.717) is 21.7 Å². The molecule has 8 heteroatoms. The largest absolute Gasteiger partial charge is 0.300 e. The maximum Gasteiger partial charge on any atom is 0.236 e. The lowest BCUT2D eigenvalue weighted by atomic mass is 10.1. The second-order valence-corrected chi connectivity index (χ2v) is 8.15. The second kappa shape index (κ2) is 7.50. The molecule has 0 atom stereocenters. The Morgan fingerprint density at radius 2 is 1.93 bits per heavy atom. The fraction of sp³-hybridized carbons (Fsp3) is 0.158. The van der Waals surface area contributed by atoms with E-state index in [0.717, 1.165) is 16.0 Å². The highest BCUT2D eigenvalue weighted by atomic mass is 32.2. The van der Waals surface area contributed by atoms with Crippen molar-refractivity contribution in [2.45, 2.75) is 18.7 Å². The number of thioether (sulfide) groups is 1. The number of aryl methyl sites for hydroxylation is 2. The van der Waals surface area contributed by atoms with Gasteiger partial charge in [0.15, 0.2) is 5.82 Å². The van der Waals surface area contributed by atoms with E-state index in [1.165, 1.54) is 28.7 Å². The molecule has 0 fully saturated rings. The van der Waals surface area contributed by atoms with Crippen molar-refractivity contribution in [2.75, 3.05) is 11.1 Å². The summed E-state index contributed by atoms with van der Waals surface area (Å²) in [5, 5.41) is 16.2. The Labute approximate surface area is 164 Å². The number of rotatable bonds is 5. The van der Waals surface area contributed by atoms with Crippen LogP contribution < -0.4 is 5.32 Å². The Hall–Kier alpha value is -2.71. The summed E-state index contributed by atoms with van der Waals surface area (Å²) < 4.78 is 1.67. The van der Waals surface area contributed by atoms with Crippen LogP contribution in [0.4, 0.5) is 5.13 Å². The minimum atomic E-state index is -0.0948. The zero-order chi connectivity index (χ0) is 18.8. The van der Waals surface area contributed by atoms with Gasteiger partial charge in [0.2, 0.25) is 16.0 Å². The number of hydrogen-bond donors (Lipinski definition) is 1. The number of benzene rings is 2. The van der Waals surface area contributed by atoms with Gasteiger partial charge in [-0.3, -0.25) is 10.1 Å². The summed E-state index contributed by atoms with van der Waals surface area (Å²) in [7, 11) is 0. The first-order chi connectivity index (χ1) is 13.1. The predicted octanol–water partition coefficient (Wildman–Crippen LogP) is 4.20. The predicted molar refractivity (Wildman–Crippen MR) is 109 cm³/mol. The van der Waals surface area contributed by atoms with Crippen LogP contribution in [0.2, 0.25) is 0 Å². The van der Waals surface area contributed by atoms with Crippen molar-refractivity contribution in [1.82, 2.24) is 19.8 Å². The third kappa shape index (κ3) is 4.01. The summed E-state index contributed by atoms with van der Waals surface area (Å²) in [4.78, 5) is 14.0. The van der Waals surface area contributed by atoms with Crippen LogP contribution in [0.3, 0.4) is 0 Å². The maximum absolute atomic E-state index is 12.2. The van der Waals surface area contributed by atoms with Gasteiger partial charge in [-0.05, 0) is 32.0 Å². The lowest BCUT2D eigenvalue weighted by Gasteiger charge is -2.02. The van der Waals surface area contributed by atoms with Crippen LogP contribution in [0.25, 0.3) is 16.3 Å². The summed E-state index contributed by atoms with van der Waals surface area (Å²) in [6.45, 7) is 4.07. The number of anilines is 1. The molecule has 136 valence electrons. The first-order valence-corrected chi connectivity index (χ1v) is 10.2. The van der Waals surface area contributed by atoms with Crippen LogP contribution in [-0.2, 0) is 4.79 Å². The van der Waals surface area contributed by atoms with Gasteiger partial charge in [0.1, 0.15) is 0 Å². The Morgan fingerprint density at radius 3 is 2.70 bits per heavy atom. The quantitative estimate of drug-likeness (QED) is 0.513. The highest BCUT2D eigenvalue weighted by molar-refractivity contribution is 8.00. The molecule has 0 radical (unpaired) electrons. The molecule has 0 unspecified atom stereocenters. The van der Waals surface area contributed by atoms with Crippen LogP contribution in [0, 0.1) is 13.8 Å². The lowest BCUT2D eigenvalue weighted by molar-refractivity contribution is -0.113. The second-order valence-electron chi connectivity index (χ2n) is 6.14. The summed E-state index contributed by atoms with van der Waals surface area (Å²) in [6.07, 6.45) is 0. The molecule has 2 aromatic carbocycles. The van der Waals surface area contributed by atoms with Crippen molar-refractivity contribution in [2.24, 2.45) is 0 Å². The van der Waals surface area contributed by atoms with Gasteiger partial charge in [0, 0.05) is 10.5 Å². The molecule has 0 aliphatic rings. The number of amides is 1. The Kier molecular flexibility index (Phi) is 4.91.